The van der Waals surface area contributed by atoms with Gasteiger partial charge in [0, 0.05) is 20.1 Å². The molecule has 1 saturated heterocycles. The van der Waals surface area contributed by atoms with E-state index in [0.29, 0.717) is 0 Å². The monoisotopic (exact) mass is 255 g/mol. The molecule has 1 fully saturated rings. The van der Waals surface area contributed by atoms with E-state index in [1.54, 1.807) is 0 Å². The fraction of sp³-hybridized carbons (Fsp3) is 1.00. The second-order valence-corrected chi connectivity index (χ2v) is 3.40. The Bertz CT molecular complexity index is 121. The summed E-state index contributed by atoms with van der Waals surface area (Å²) in [6, 6.07) is 0. The molecular weight excluding hydrogens is 252 g/mol. The third-order valence-corrected chi connectivity index (χ3v) is 2.56. The average Bonchev–Trinajstić information content (AvgIpc) is 1.64. The molecule has 0 aromatic rings. The van der Waals surface area contributed by atoms with Crippen LogP contribution in [0.4, 0.5) is 0 Å². The molecule has 0 amide bonds. The van der Waals surface area contributed by atoms with Crippen LogP contribution in [0.2, 0.25) is 0 Å². The maximum Gasteiger partial charge on any atom is 0.328 e. The van der Waals surface area contributed by atoms with Crippen LogP contribution in [0.15, 0.2) is 0 Å². The van der Waals surface area contributed by atoms with E-state index in [9.17, 15) is 9.13 Å². The summed E-state index contributed by atoms with van der Waals surface area (Å²) in [5, 5.41) is 0. The Morgan fingerprint density at radius 3 is 1.78 bits per heavy atom. The van der Waals surface area contributed by atoms with Gasteiger partial charge in [0.1, 0.15) is 0 Å². The molecule has 0 N–H and O–H groups in total. The van der Waals surface area contributed by atoms with Crippen LogP contribution < -0.4 is 0 Å². The molecule has 0 aromatic heterocycles. The molecule has 0 bridgehead atoms. The van der Waals surface area contributed by atoms with E-state index in [0.717, 1.165) is 0 Å². The van der Waals surface area contributed by atoms with Gasteiger partial charge in [0.05, 0.1) is 0 Å². The predicted octanol–water partition coefficient (Wildman–Crippen LogP) is 0.784. The normalized spacial score (nSPS) is 35.1. The maximum atomic E-state index is 10.2. The van der Waals surface area contributed by atoms with E-state index < -0.39 is 16.5 Å². The van der Waals surface area contributed by atoms with Crippen molar-refractivity contribution in [2.45, 2.75) is 0 Å². The van der Waals surface area contributed by atoms with Crippen molar-refractivity contribution in [3.8, 4) is 0 Å². The van der Waals surface area contributed by atoms with Crippen molar-refractivity contribution in [2.75, 3.05) is 6.79 Å². The Morgan fingerprint density at radius 1 is 1.11 bits per heavy atom. The quantitative estimate of drug-likeness (QED) is 0.599. The van der Waals surface area contributed by atoms with Gasteiger partial charge >= 0.3 is 16.5 Å². The van der Waals surface area contributed by atoms with Crippen LogP contribution in [0.3, 0.4) is 0 Å². The second kappa shape index (κ2) is 4.75. The molecule has 8 heteroatoms. The SMILES string of the molecule is O=[PH]1OCO[PH](=O)O1.[Tc]. The van der Waals surface area contributed by atoms with Crippen molar-refractivity contribution in [3.05, 3.63) is 0 Å². The summed E-state index contributed by atoms with van der Waals surface area (Å²) >= 11 is 0. The smallest absolute Gasteiger partial charge is 0.282 e. The Balaban J connectivity index is 0.000000640. The Morgan fingerprint density at radius 2 is 1.56 bits per heavy atom. The number of rotatable bonds is 0. The van der Waals surface area contributed by atoms with Crippen LogP contribution in [0.25, 0.3) is 0 Å². The molecule has 55 valence electrons. The molecule has 0 aromatic carbocycles. The van der Waals surface area contributed by atoms with Crippen LogP contribution in [-0.4, -0.2) is 6.79 Å². The van der Waals surface area contributed by atoms with E-state index in [-0.39, 0.29) is 26.9 Å². The average molecular weight is 256 g/mol. The van der Waals surface area contributed by atoms with E-state index in [1.807, 2.05) is 0 Å². The van der Waals surface area contributed by atoms with Crippen molar-refractivity contribution in [2.24, 2.45) is 0 Å². The largest absolute Gasteiger partial charge is 0.328 e. The zero-order valence-electron chi connectivity index (χ0n) is 4.13. The van der Waals surface area contributed by atoms with Crippen molar-refractivity contribution in [1.82, 2.24) is 0 Å². The van der Waals surface area contributed by atoms with Crippen LogP contribution in [-0.2, 0) is 42.6 Å². The standard InChI is InChI=1S/CH4O5P2.Tc/c2-7-4-1-5-8(3)6-7;/h7-8H,1H2;. The predicted molar refractivity (Wildman–Crippen MR) is 26.1 cm³/mol. The van der Waals surface area contributed by atoms with E-state index >= 15 is 0 Å². The van der Waals surface area contributed by atoms with Crippen LogP contribution >= 0.6 is 16.5 Å². The van der Waals surface area contributed by atoms with Gasteiger partial charge in [0.2, 0.25) is 0 Å². The summed E-state index contributed by atoms with van der Waals surface area (Å²) < 4.78 is 33.0. The fourth-order valence-electron chi connectivity index (χ4n) is 0.253. The third-order valence-electron chi connectivity index (χ3n) is 0.520. The summed E-state index contributed by atoms with van der Waals surface area (Å²) in [6.45, 7) is -0.185. The Hall–Kier alpha value is 0.989. The van der Waals surface area contributed by atoms with Gasteiger partial charge in [-0.2, -0.15) is 0 Å². The summed E-state index contributed by atoms with van der Waals surface area (Å²) in [5.41, 5.74) is 0. The summed E-state index contributed by atoms with van der Waals surface area (Å²) in [6.07, 6.45) is 0. The Labute approximate surface area is 66.3 Å². The van der Waals surface area contributed by atoms with Gasteiger partial charge in [-0.3, -0.25) is 18.2 Å². The topological polar surface area (TPSA) is 61.8 Å². The van der Waals surface area contributed by atoms with E-state index in [2.05, 4.69) is 13.4 Å². The molecule has 0 aliphatic carbocycles. The second-order valence-electron chi connectivity index (χ2n) is 1.01. The summed E-state index contributed by atoms with van der Waals surface area (Å²) in [7, 11) is -4.97. The molecule has 1 aliphatic heterocycles. The minimum Gasteiger partial charge on any atom is -0.282 e. The number of hydrogen-bond acceptors (Lipinski definition) is 5. The first-order chi connectivity index (χ1) is 3.79. The first-order valence-corrected chi connectivity index (χ1v) is 4.25. The molecule has 5 nitrogen and oxygen atoms in total. The minimum absolute atomic E-state index is 0. The fourth-order valence-corrected chi connectivity index (χ4v) is 1.70. The van der Waals surface area contributed by atoms with E-state index in [1.165, 1.54) is 0 Å². The molecule has 2 unspecified atom stereocenters. The zero-order valence-corrected chi connectivity index (χ0v) is 7.98. The van der Waals surface area contributed by atoms with Gasteiger partial charge in [-0.25, -0.2) is 4.31 Å². The van der Waals surface area contributed by atoms with Gasteiger partial charge in [0.15, 0.2) is 6.79 Å². The van der Waals surface area contributed by atoms with Gasteiger partial charge < -0.3 is 0 Å². The zero-order chi connectivity index (χ0) is 5.98. The van der Waals surface area contributed by atoms with Crippen molar-refractivity contribution >= 4 is 16.5 Å². The summed E-state index contributed by atoms with van der Waals surface area (Å²) in [5.74, 6) is 0. The summed E-state index contributed by atoms with van der Waals surface area (Å²) in [4.78, 5) is 0. The Kier molecular flexibility index (Phi) is 5.27. The first kappa shape index (κ1) is 9.99. The molecule has 1 heterocycles. The number of hydrogen-bond donors (Lipinski definition) is 0. The van der Waals surface area contributed by atoms with Crippen molar-refractivity contribution in [3.63, 3.8) is 0 Å². The first-order valence-electron chi connectivity index (χ1n) is 1.80. The minimum atomic E-state index is -2.48. The van der Waals surface area contributed by atoms with Gasteiger partial charge in [0.25, 0.3) is 0 Å². The maximum absolute atomic E-state index is 10.2. The molecule has 9 heavy (non-hydrogen) atoms. The van der Waals surface area contributed by atoms with Crippen LogP contribution in [0.1, 0.15) is 0 Å². The van der Waals surface area contributed by atoms with Gasteiger partial charge in [-0.15, -0.1) is 0 Å². The molecule has 0 spiro atoms. The van der Waals surface area contributed by atoms with Crippen molar-refractivity contribution in [1.29, 1.82) is 0 Å². The van der Waals surface area contributed by atoms with Gasteiger partial charge in [-0.1, -0.05) is 0 Å². The third kappa shape index (κ3) is 3.64. The molecule has 1 rings (SSSR count). The van der Waals surface area contributed by atoms with Crippen LogP contribution in [0.5, 0.6) is 0 Å². The van der Waals surface area contributed by atoms with Gasteiger partial charge in [-0.05, 0) is 0 Å². The molecule has 1 radical (unpaired) electrons. The van der Waals surface area contributed by atoms with Crippen LogP contribution in [0, 0.1) is 0 Å². The molecular formula is CH4O5P2Tc. The molecule has 0 saturated carbocycles. The molecule has 2 atom stereocenters. The van der Waals surface area contributed by atoms with E-state index in [4.69, 9.17) is 0 Å². The molecule has 1 aliphatic rings. The van der Waals surface area contributed by atoms with Crippen molar-refractivity contribution < 1.29 is 42.6 Å².